The fourth-order valence-electron chi connectivity index (χ4n) is 9.71. The molecule has 0 aromatic heterocycles. The van der Waals surface area contributed by atoms with Crippen LogP contribution in [0.2, 0.25) is 0 Å². The van der Waals surface area contributed by atoms with Gasteiger partial charge in [-0.05, 0) is 77.0 Å². The van der Waals surface area contributed by atoms with Crippen LogP contribution in [0.25, 0.3) is 0 Å². The van der Waals surface area contributed by atoms with Gasteiger partial charge < -0.3 is 14.2 Å². The molecule has 1 unspecified atom stereocenters. The molecule has 0 rings (SSSR count). The summed E-state index contributed by atoms with van der Waals surface area (Å²) in [5, 5.41) is 0. The zero-order valence-electron chi connectivity index (χ0n) is 49.2. The molecule has 0 bridgehead atoms. The average molecular weight is 1030 g/mol. The molecule has 0 aliphatic rings. The molecule has 0 aliphatic carbocycles. The average Bonchev–Trinajstić information content (AvgIpc) is 3.39. The second-order valence-electron chi connectivity index (χ2n) is 22.0. The monoisotopic (exact) mass is 1020 g/mol. The largest absolute Gasteiger partial charge is 0.462 e. The third-order valence-corrected chi connectivity index (χ3v) is 14.6. The Morgan fingerprint density at radius 3 is 0.767 bits per heavy atom. The lowest BCUT2D eigenvalue weighted by molar-refractivity contribution is -0.167. The minimum atomic E-state index is -0.773. The van der Waals surface area contributed by atoms with E-state index in [1.807, 2.05) is 0 Å². The Hall–Kier alpha value is -2.37. The summed E-state index contributed by atoms with van der Waals surface area (Å²) in [6.45, 7) is 6.67. The molecular formula is C67H124O6. The Morgan fingerprint density at radius 1 is 0.274 bits per heavy atom. The highest BCUT2D eigenvalue weighted by Gasteiger charge is 2.19. The minimum absolute atomic E-state index is 0.0704. The summed E-state index contributed by atoms with van der Waals surface area (Å²) in [6, 6.07) is 0. The second kappa shape index (κ2) is 62.2. The third-order valence-electron chi connectivity index (χ3n) is 14.6. The van der Waals surface area contributed by atoms with Gasteiger partial charge in [0.1, 0.15) is 13.2 Å². The number of rotatable bonds is 60. The molecule has 0 saturated carbocycles. The zero-order valence-corrected chi connectivity index (χ0v) is 49.2. The van der Waals surface area contributed by atoms with Gasteiger partial charge in [0.2, 0.25) is 0 Å². The Bertz CT molecular complexity index is 1220. The van der Waals surface area contributed by atoms with Gasteiger partial charge in [-0.1, -0.05) is 295 Å². The van der Waals surface area contributed by atoms with E-state index >= 15 is 0 Å². The molecule has 6 heteroatoms. The number of hydrogen-bond donors (Lipinski definition) is 0. The highest BCUT2D eigenvalue weighted by molar-refractivity contribution is 5.71. The van der Waals surface area contributed by atoms with Crippen molar-refractivity contribution in [3.8, 4) is 0 Å². The lowest BCUT2D eigenvalue weighted by atomic mass is 10.0. The second-order valence-corrected chi connectivity index (χ2v) is 22.0. The summed E-state index contributed by atoms with van der Waals surface area (Å²) in [7, 11) is 0. The van der Waals surface area contributed by atoms with Gasteiger partial charge in [0.25, 0.3) is 0 Å². The van der Waals surface area contributed by atoms with E-state index in [-0.39, 0.29) is 31.1 Å². The molecule has 0 saturated heterocycles. The number of hydrogen-bond acceptors (Lipinski definition) is 6. The van der Waals surface area contributed by atoms with Crippen molar-refractivity contribution in [2.24, 2.45) is 0 Å². The van der Waals surface area contributed by atoms with Crippen molar-refractivity contribution < 1.29 is 28.6 Å². The standard InChI is InChI=1S/C67H124O6/c1-4-7-10-13-16-19-22-25-28-29-30-31-32-33-34-35-36-37-38-39-40-43-45-48-51-54-57-60-66(69)72-63-64(73-67(70)61-58-55-52-49-46-42-27-24-21-18-15-12-9-6-3)62-71-65(68)59-56-53-50-47-44-41-26-23-20-17-14-11-8-5-2/h22,24-25,27,29-30,64H,4-21,23,26,28,31-63H2,1-3H3/b25-22-,27-24-,30-29-. The first-order valence-electron chi connectivity index (χ1n) is 32.5. The summed E-state index contributed by atoms with van der Waals surface area (Å²) >= 11 is 0. The fourth-order valence-corrected chi connectivity index (χ4v) is 9.71. The minimum Gasteiger partial charge on any atom is -0.462 e. The highest BCUT2D eigenvalue weighted by atomic mass is 16.6. The van der Waals surface area contributed by atoms with Crippen molar-refractivity contribution in [2.75, 3.05) is 13.2 Å². The normalized spacial score (nSPS) is 12.2. The van der Waals surface area contributed by atoms with Crippen LogP contribution < -0.4 is 0 Å². The molecule has 0 heterocycles. The molecule has 0 aromatic rings. The van der Waals surface area contributed by atoms with Crippen LogP contribution in [0.15, 0.2) is 36.5 Å². The topological polar surface area (TPSA) is 78.9 Å². The maximum Gasteiger partial charge on any atom is 0.306 e. The molecule has 428 valence electrons. The van der Waals surface area contributed by atoms with Crippen LogP contribution in [0, 0.1) is 0 Å². The Kier molecular flexibility index (Phi) is 60.2. The van der Waals surface area contributed by atoms with Gasteiger partial charge in [-0.15, -0.1) is 0 Å². The van der Waals surface area contributed by atoms with Gasteiger partial charge in [0, 0.05) is 19.3 Å². The van der Waals surface area contributed by atoms with Crippen molar-refractivity contribution in [3.63, 3.8) is 0 Å². The van der Waals surface area contributed by atoms with Gasteiger partial charge in [0.05, 0.1) is 0 Å². The summed E-state index contributed by atoms with van der Waals surface area (Å²) in [5.74, 6) is -0.856. The molecule has 1 atom stereocenters. The maximum absolute atomic E-state index is 12.9. The van der Waals surface area contributed by atoms with Gasteiger partial charge in [-0.3, -0.25) is 14.4 Å². The van der Waals surface area contributed by atoms with Crippen molar-refractivity contribution >= 4 is 17.9 Å². The molecule has 0 aromatic carbocycles. The van der Waals surface area contributed by atoms with Crippen molar-refractivity contribution in [1.82, 2.24) is 0 Å². The molecule has 6 nitrogen and oxygen atoms in total. The molecule has 73 heavy (non-hydrogen) atoms. The predicted molar refractivity (Wildman–Crippen MR) is 316 cm³/mol. The number of carbonyl (C=O) groups is 3. The van der Waals surface area contributed by atoms with E-state index in [1.54, 1.807) is 0 Å². The predicted octanol–water partition coefficient (Wildman–Crippen LogP) is 22.0. The van der Waals surface area contributed by atoms with Crippen LogP contribution >= 0.6 is 0 Å². The number of ether oxygens (including phenoxy) is 3. The van der Waals surface area contributed by atoms with E-state index in [9.17, 15) is 14.4 Å². The molecule has 0 fully saturated rings. The van der Waals surface area contributed by atoms with Gasteiger partial charge >= 0.3 is 17.9 Å². The quantitative estimate of drug-likeness (QED) is 0.0261. The summed E-state index contributed by atoms with van der Waals surface area (Å²) < 4.78 is 16.9. The Labute approximate surface area is 455 Å². The fraction of sp³-hybridized carbons (Fsp3) is 0.866. The molecule has 0 amide bonds. The summed E-state index contributed by atoms with van der Waals surface area (Å²) in [6.07, 6.45) is 75.8. The van der Waals surface area contributed by atoms with E-state index < -0.39 is 6.10 Å². The summed E-state index contributed by atoms with van der Waals surface area (Å²) in [5.41, 5.74) is 0. The first-order chi connectivity index (χ1) is 36.0. The maximum atomic E-state index is 12.9. The Balaban J connectivity index is 4.20. The molecule has 0 spiro atoms. The third kappa shape index (κ3) is 60.4. The highest BCUT2D eigenvalue weighted by Crippen LogP contribution is 2.17. The van der Waals surface area contributed by atoms with E-state index in [0.717, 1.165) is 70.6 Å². The van der Waals surface area contributed by atoms with E-state index in [4.69, 9.17) is 14.2 Å². The van der Waals surface area contributed by atoms with Crippen molar-refractivity contribution in [1.29, 1.82) is 0 Å². The van der Waals surface area contributed by atoms with Crippen molar-refractivity contribution in [3.05, 3.63) is 36.5 Å². The molecule has 0 radical (unpaired) electrons. The van der Waals surface area contributed by atoms with Crippen LogP contribution in [-0.2, 0) is 28.6 Å². The lowest BCUT2D eigenvalue weighted by Crippen LogP contribution is -2.30. The van der Waals surface area contributed by atoms with Crippen LogP contribution in [0.1, 0.15) is 355 Å². The van der Waals surface area contributed by atoms with Gasteiger partial charge in [-0.2, -0.15) is 0 Å². The van der Waals surface area contributed by atoms with E-state index in [2.05, 4.69) is 57.2 Å². The van der Waals surface area contributed by atoms with E-state index in [1.165, 1.54) is 244 Å². The van der Waals surface area contributed by atoms with Crippen LogP contribution in [0.4, 0.5) is 0 Å². The van der Waals surface area contributed by atoms with Gasteiger partial charge in [0.15, 0.2) is 6.10 Å². The number of unbranched alkanes of at least 4 members (excludes halogenated alkanes) is 43. The smallest absolute Gasteiger partial charge is 0.306 e. The van der Waals surface area contributed by atoms with Crippen molar-refractivity contribution in [2.45, 2.75) is 361 Å². The zero-order chi connectivity index (χ0) is 52.9. The molecule has 0 aliphatic heterocycles. The first-order valence-corrected chi connectivity index (χ1v) is 32.5. The van der Waals surface area contributed by atoms with Crippen LogP contribution in [0.3, 0.4) is 0 Å². The Morgan fingerprint density at radius 2 is 0.493 bits per heavy atom. The first kappa shape index (κ1) is 70.6. The van der Waals surface area contributed by atoms with E-state index in [0.29, 0.717) is 19.3 Å². The summed E-state index contributed by atoms with van der Waals surface area (Å²) in [4.78, 5) is 38.3. The molecule has 0 N–H and O–H groups in total. The SMILES string of the molecule is CCCCCCC/C=C\C/C=C\CCCCCCCCCCCCCCCCCC(=O)OCC(COC(=O)CCCCCCCCCCCCCCCC)OC(=O)CCCCCCC/C=C\CCCCCCC. The van der Waals surface area contributed by atoms with Gasteiger partial charge in [-0.25, -0.2) is 0 Å². The lowest BCUT2D eigenvalue weighted by Gasteiger charge is -2.18. The number of carbonyl (C=O) groups excluding carboxylic acids is 3. The molecular weight excluding hydrogens is 901 g/mol. The van der Waals surface area contributed by atoms with Crippen LogP contribution in [0.5, 0.6) is 0 Å². The number of allylic oxidation sites excluding steroid dienone is 6. The van der Waals surface area contributed by atoms with Crippen LogP contribution in [-0.4, -0.2) is 37.2 Å². The number of esters is 3.